The van der Waals surface area contributed by atoms with Crippen LogP contribution in [0.25, 0.3) is 10.9 Å². The SMILES string of the molecule is Cc1nc(CCl)nc2c(C)cc(F)cc12. The molecular formula is C11H10ClFN2. The minimum Gasteiger partial charge on any atom is -0.236 e. The maximum absolute atomic E-state index is 13.2. The molecule has 4 heteroatoms. The number of hydrogen-bond acceptors (Lipinski definition) is 2. The van der Waals surface area contributed by atoms with Gasteiger partial charge in [-0.3, -0.25) is 0 Å². The number of rotatable bonds is 1. The molecule has 1 aromatic carbocycles. The molecule has 1 aromatic heterocycles. The van der Waals surface area contributed by atoms with Crippen molar-refractivity contribution in [2.24, 2.45) is 0 Å². The van der Waals surface area contributed by atoms with E-state index in [1.54, 1.807) is 0 Å². The number of fused-ring (bicyclic) bond motifs is 1. The smallest absolute Gasteiger partial charge is 0.144 e. The van der Waals surface area contributed by atoms with Crippen molar-refractivity contribution >= 4 is 22.5 Å². The highest BCUT2D eigenvalue weighted by Gasteiger charge is 2.07. The molecule has 2 nitrogen and oxygen atoms in total. The van der Waals surface area contributed by atoms with Crippen LogP contribution in [0.3, 0.4) is 0 Å². The van der Waals surface area contributed by atoms with Gasteiger partial charge >= 0.3 is 0 Å². The summed E-state index contributed by atoms with van der Waals surface area (Å²) in [4.78, 5) is 8.48. The van der Waals surface area contributed by atoms with Crippen molar-refractivity contribution in [1.29, 1.82) is 0 Å². The maximum atomic E-state index is 13.2. The van der Waals surface area contributed by atoms with Gasteiger partial charge in [-0.05, 0) is 31.5 Å². The Kier molecular flexibility index (Phi) is 2.57. The van der Waals surface area contributed by atoms with Crippen LogP contribution >= 0.6 is 11.6 Å². The summed E-state index contributed by atoms with van der Waals surface area (Å²) >= 11 is 5.68. The van der Waals surface area contributed by atoms with Crippen molar-refractivity contribution in [3.8, 4) is 0 Å². The average Bonchev–Trinajstić information content (AvgIpc) is 2.19. The van der Waals surface area contributed by atoms with Crippen LogP contribution < -0.4 is 0 Å². The molecule has 0 unspecified atom stereocenters. The summed E-state index contributed by atoms with van der Waals surface area (Å²) in [5.74, 6) is 0.592. The zero-order chi connectivity index (χ0) is 11.0. The standard InChI is InChI=1S/C11H10ClFN2/c1-6-3-8(13)4-9-7(2)14-10(5-12)15-11(6)9/h3-4H,5H2,1-2H3. The third kappa shape index (κ3) is 1.79. The molecule has 0 radical (unpaired) electrons. The maximum Gasteiger partial charge on any atom is 0.144 e. The van der Waals surface area contributed by atoms with Crippen molar-refractivity contribution in [1.82, 2.24) is 9.97 Å². The molecule has 0 aliphatic carbocycles. The largest absolute Gasteiger partial charge is 0.236 e. The summed E-state index contributed by atoms with van der Waals surface area (Å²) in [5.41, 5.74) is 2.35. The van der Waals surface area contributed by atoms with Gasteiger partial charge in [0.25, 0.3) is 0 Å². The Hall–Kier alpha value is -1.22. The molecule has 1 heterocycles. The van der Waals surface area contributed by atoms with Crippen LogP contribution in [-0.4, -0.2) is 9.97 Å². The quantitative estimate of drug-likeness (QED) is 0.696. The first-order valence-electron chi connectivity index (χ1n) is 4.61. The molecular weight excluding hydrogens is 215 g/mol. The number of aromatic nitrogens is 2. The number of aryl methyl sites for hydroxylation is 2. The molecule has 0 aliphatic heterocycles. The fourth-order valence-electron chi connectivity index (χ4n) is 1.63. The number of hydrogen-bond donors (Lipinski definition) is 0. The summed E-state index contributed by atoms with van der Waals surface area (Å²) in [6, 6.07) is 2.92. The third-order valence-corrected chi connectivity index (χ3v) is 2.55. The number of alkyl halides is 1. The van der Waals surface area contributed by atoms with Crippen molar-refractivity contribution in [3.05, 3.63) is 35.0 Å². The lowest BCUT2D eigenvalue weighted by atomic mass is 10.1. The van der Waals surface area contributed by atoms with E-state index in [0.717, 1.165) is 22.2 Å². The summed E-state index contributed by atoms with van der Waals surface area (Å²) in [5, 5.41) is 0.751. The van der Waals surface area contributed by atoms with E-state index in [9.17, 15) is 4.39 Å². The molecule has 0 saturated heterocycles. The summed E-state index contributed by atoms with van der Waals surface area (Å²) in [6.45, 7) is 3.66. The Bertz CT molecular complexity index is 525. The summed E-state index contributed by atoms with van der Waals surface area (Å²) < 4.78 is 13.2. The second-order valence-corrected chi connectivity index (χ2v) is 3.74. The van der Waals surface area contributed by atoms with Gasteiger partial charge in [0.1, 0.15) is 11.6 Å². The van der Waals surface area contributed by atoms with E-state index in [2.05, 4.69) is 9.97 Å². The van der Waals surface area contributed by atoms with E-state index in [1.165, 1.54) is 12.1 Å². The van der Waals surface area contributed by atoms with Crippen molar-refractivity contribution in [2.75, 3.05) is 0 Å². The summed E-state index contributed by atoms with van der Waals surface area (Å²) in [6.07, 6.45) is 0. The first kappa shape index (κ1) is 10.3. The fourth-order valence-corrected chi connectivity index (χ4v) is 1.75. The minimum absolute atomic E-state index is 0.259. The van der Waals surface area contributed by atoms with Crippen LogP contribution in [0.5, 0.6) is 0 Å². The highest BCUT2D eigenvalue weighted by Crippen LogP contribution is 2.21. The summed E-state index contributed by atoms with van der Waals surface area (Å²) in [7, 11) is 0. The Morgan fingerprint density at radius 3 is 2.67 bits per heavy atom. The highest BCUT2D eigenvalue weighted by atomic mass is 35.5. The van der Waals surface area contributed by atoms with Gasteiger partial charge in [-0.15, -0.1) is 11.6 Å². The molecule has 0 atom stereocenters. The first-order chi connectivity index (χ1) is 7.11. The lowest BCUT2D eigenvalue weighted by molar-refractivity contribution is 0.628. The van der Waals surface area contributed by atoms with Gasteiger partial charge in [0.2, 0.25) is 0 Å². The lowest BCUT2D eigenvalue weighted by Crippen LogP contribution is -1.98. The van der Waals surface area contributed by atoms with Crippen molar-refractivity contribution in [3.63, 3.8) is 0 Å². The zero-order valence-corrected chi connectivity index (χ0v) is 9.27. The van der Waals surface area contributed by atoms with Crippen LogP contribution in [0.1, 0.15) is 17.1 Å². The van der Waals surface area contributed by atoms with E-state index in [4.69, 9.17) is 11.6 Å². The normalized spacial score (nSPS) is 10.9. The van der Waals surface area contributed by atoms with Crippen molar-refractivity contribution in [2.45, 2.75) is 19.7 Å². The molecule has 0 N–H and O–H groups in total. The number of halogens is 2. The van der Waals surface area contributed by atoms with Crippen LogP contribution in [0, 0.1) is 19.7 Å². The van der Waals surface area contributed by atoms with E-state index in [-0.39, 0.29) is 11.7 Å². The van der Waals surface area contributed by atoms with Gasteiger partial charge in [-0.25, -0.2) is 14.4 Å². The lowest BCUT2D eigenvalue weighted by Gasteiger charge is -2.06. The topological polar surface area (TPSA) is 25.8 Å². The molecule has 78 valence electrons. The zero-order valence-electron chi connectivity index (χ0n) is 8.51. The van der Waals surface area contributed by atoms with Crippen LogP contribution in [0.4, 0.5) is 4.39 Å². The average molecular weight is 225 g/mol. The Morgan fingerprint density at radius 1 is 1.27 bits per heavy atom. The highest BCUT2D eigenvalue weighted by molar-refractivity contribution is 6.16. The second kappa shape index (κ2) is 3.74. The van der Waals surface area contributed by atoms with E-state index < -0.39 is 0 Å². The molecule has 0 spiro atoms. The molecule has 2 rings (SSSR count). The van der Waals surface area contributed by atoms with Crippen molar-refractivity contribution < 1.29 is 4.39 Å². The molecule has 0 saturated carbocycles. The first-order valence-corrected chi connectivity index (χ1v) is 5.14. The Labute approximate surface area is 92.1 Å². The number of nitrogens with zero attached hydrogens (tertiary/aromatic N) is 2. The Balaban J connectivity index is 2.85. The van der Waals surface area contributed by atoms with Gasteiger partial charge in [0.05, 0.1) is 11.4 Å². The van der Waals surface area contributed by atoms with Crippen LogP contribution in [0.15, 0.2) is 12.1 Å². The van der Waals surface area contributed by atoms with Crippen LogP contribution in [-0.2, 0) is 5.88 Å². The molecule has 0 fully saturated rings. The van der Waals surface area contributed by atoms with Crippen LogP contribution in [0.2, 0.25) is 0 Å². The number of benzene rings is 1. The molecule has 0 amide bonds. The minimum atomic E-state index is -0.259. The molecule has 0 bridgehead atoms. The van der Waals surface area contributed by atoms with E-state index in [1.807, 2.05) is 13.8 Å². The predicted molar refractivity (Wildman–Crippen MR) is 58.5 cm³/mol. The third-order valence-electron chi connectivity index (χ3n) is 2.31. The van der Waals surface area contributed by atoms with Gasteiger partial charge < -0.3 is 0 Å². The van der Waals surface area contributed by atoms with Gasteiger partial charge in [0.15, 0.2) is 0 Å². The Morgan fingerprint density at radius 2 is 2.00 bits per heavy atom. The van der Waals surface area contributed by atoms with E-state index >= 15 is 0 Å². The monoisotopic (exact) mass is 224 g/mol. The second-order valence-electron chi connectivity index (χ2n) is 3.48. The van der Waals surface area contributed by atoms with Gasteiger partial charge in [-0.2, -0.15) is 0 Å². The molecule has 0 aliphatic rings. The van der Waals surface area contributed by atoms with Gasteiger partial charge in [0, 0.05) is 11.1 Å². The van der Waals surface area contributed by atoms with E-state index in [0.29, 0.717) is 5.82 Å². The predicted octanol–water partition coefficient (Wildman–Crippen LogP) is 3.12. The molecule has 2 aromatic rings. The fraction of sp³-hybridized carbons (Fsp3) is 0.273. The molecule has 15 heavy (non-hydrogen) atoms. The van der Waals surface area contributed by atoms with Gasteiger partial charge in [-0.1, -0.05) is 0 Å².